The summed E-state index contributed by atoms with van der Waals surface area (Å²) in [5.41, 5.74) is 2.12. The lowest BCUT2D eigenvalue weighted by atomic mass is 9.99. The summed E-state index contributed by atoms with van der Waals surface area (Å²) in [5, 5.41) is 11.7. The Balaban J connectivity index is 2.44. The third-order valence-electron chi connectivity index (χ3n) is 2.99. The third-order valence-corrected chi connectivity index (χ3v) is 4.23. The number of H-pyrrole nitrogens is 1. The van der Waals surface area contributed by atoms with Crippen LogP contribution in [-0.2, 0) is 0 Å². The molecule has 0 radical (unpaired) electrons. The first-order valence-electron chi connectivity index (χ1n) is 6.05. The molecule has 2 aliphatic heterocycles. The van der Waals surface area contributed by atoms with Crippen molar-refractivity contribution in [2.45, 2.75) is 0 Å². The van der Waals surface area contributed by atoms with Crippen molar-refractivity contribution < 1.29 is 14.3 Å². The first kappa shape index (κ1) is 13.7. The maximum Gasteiger partial charge on any atom is 0.337 e. The number of nitrogens with one attached hydrogen (secondary N) is 1. The molecule has 4 nitrogen and oxygen atoms in total. The molecule has 0 atom stereocenters. The Hall–Kier alpha value is -2.24. The van der Waals surface area contributed by atoms with E-state index >= 15 is 0 Å². The molecule has 21 heavy (non-hydrogen) atoms. The third kappa shape index (κ3) is 2.53. The van der Waals surface area contributed by atoms with Gasteiger partial charge in [-0.25, -0.2) is 4.79 Å². The fourth-order valence-electron chi connectivity index (χ4n) is 2.09. The summed E-state index contributed by atoms with van der Waals surface area (Å²) in [6.07, 6.45) is 4.53. The summed E-state index contributed by atoms with van der Waals surface area (Å²) >= 11 is 7.63. The molecule has 0 unspecified atom stereocenters. The van der Waals surface area contributed by atoms with Gasteiger partial charge >= 0.3 is 5.97 Å². The van der Waals surface area contributed by atoms with Crippen LogP contribution in [0, 0.1) is 0 Å². The molecular formula is C15H10ClNO3S. The molecule has 2 N–H and O–H groups in total. The molecule has 2 aliphatic rings. The van der Waals surface area contributed by atoms with E-state index in [0.29, 0.717) is 21.8 Å². The average Bonchev–Trinajstić information content (AvgIpc) is 2.72. The molecule has 106 valence electrons. The minimum Gasteiger partial charge on any atom is -0.478 e. The molecule has 1 aromatic rings. The van der Waals surface area contributed by atoms with E-state index in [1.165, 1.54) is 30.1 Å². The fraction of sp³-hybridized carbons (Fsp3) is 0. The summed E-state index contributed by atoms with van der Waals surface area (Å²) < 4.78 is 5.20. The summed E-state index contributed by atoms with van der Waals surface area (Å²) in [5.74, 6) is -1.02. The van der Waals surface area contributed by atoms with Crippen molar-refractivity contribution in [3.63, 3.8) is 0 Å². The van der Waals surface area contributed by atoms with Crippen LogP contribution in [0.15, 0.2) is 52.8 Å². The molecular weight excluding hydrogens is 310 g/mol. The van der Waals surface area contributed by atoms with Crippen LogP contribution in [0.2, 0.25) is 5.02 Å². The Labute approximate surface area is 129 Å². The number of hydrogen-bond donors (Lipinski definition) is 2. The Morgan fingerprint density at radius 1 is 1.33 bits per heavy atom. The Kier molecular flexibility index (Phi) is 3.68. The lowest BCUT2D eigenvalue weighted by Gasteiger charge is -2.13. The highest BCUT2D eigenvalue weighted by Crippen LogP contribution is 2.39. The Morgan fingerprint density at radius 2 is 2.14 bits per heavy atom. The number of aromatic nitrogens is 1. The minimum atomic E-state index is -1.02. The molecule has 0 fully saturated rings. The predicted octanol–water partition coefficient (Wildman–Crippen LogP) is 4.92. The Bertz CT molecular complexity index is 816. The van der Waals surface area contributed by atoms with Crippen molar-refractivity contribution in [1.82, 2.24) is 4.98 Å². The lowest BCUT2D eigenvalue weighted by Crippen LogP contribution is -2.03. The van der Waals surface area contributed by atoms with Crippen LogP contribution in [0.4, 0.5) is 0 Å². The number of rotatable bonds is 2. The van der Waals surface area contributed by atoms with E-state index in [-0.39, 0.29) is 5.56 Å². The molecule has 1 aromatic carbocycles. The molecule has 0 saturated carbocycles. The van der Waals surface area contributed by atoms with E-state index in [9.17, 15) is 9.90 Å². The van der Waals surface area contributed by atoms with Crippen molar-refractivity contribution >= 4 is 28.9 Å². The van der Waals surface area contributed by atoms with Gasteiger partial charge in [0.15, 0.2) is 0 Å². The smallest absolute Gasteiger partial charge is 0.337 e. The second kappa shape index (κ2) is 5.63. The zero-order valence-corrected chi connectivity index (χ0v) is 12.2. The first-order valence-corrected chi connectivity index (χ1v) is 7.31. The number of halogens is 1. The summed E-state index contributed by atoms with van der Waals surface area (Å²) in [6, 6.07) is 7.18. The highest BCUT2D eigenvalue weighted by molar-refractivity contribution is 7.13. The van der Waals surface area contributed by atoms with Gasteiger partial charge in [0.25, 0.3) is 0 Å². The fourth-order valence-corrected chi connectivity index (χ4v) is 3.15. The van der Waals surface area contributed by atoms with Crippen LogP contribution >= 0.6 is 22.9 Å². The maximum absolute atomic E-state index is 11.5. The van der Waals surface area contributed by atoms with Crippen LogP contribution in [0.1, 0.15) is 10.4 Å². The predicted molar refractivity (Wildman–Crippen MR) is 82.6 cm³/mol. The monoisotopic (exact) mass is 319 g/mol. The standard InChI is InChI=1S/C15H10ClNO3S/c16-11-4-2-1-3-9(11)13-10(15(18)19)7-17-12-8-20-5-6-21-14(12)13/h1-8,17H,(H,18,19). The topological polar surface area (TPSA) is 66.2 Å². The van der Waals surface area contributed by atoms with Crippen molar-refractivity contribution in [3.8, 4) is 21.7 Å². The molecule has 0 bridgehead atoms. The quantitative estimate of drug-likeness (QED) is 0.704. The van der Waals surface area contributed by atoms with E-state index in [4.69, 9.17) is 16.0 Å². The number of pyridine rings is 1. The van der Waals surface area contributed by atoms with Gasteiger partial charge in [-0.15, -0.1) is 11.3 Å². The summed E-state index contributed by atoms with van der Waals surface area (Å²) in [6.45, 7) is 0. The number of fused-ring (bicyclic) bond motifs is 1. The van der Waals surface area contributed by atoms with E-state index < -0.39 is 5.97 Å². The number of carbonyl (C=O) groups is 1. The van der Waals surface area contributed by atoms with Gasteiger partial charge in [0.2, 0.25) is 0 Å². The highest BCUT2D eigenvalue weighted by Gasteiger charge is 2.20. The van der Waals surface area contributed by atoms with Crippen molar-refractivity contribution in [1.29, 1.82) is 0 Å². The number of benzene rings is 1. The highest BCUT2D eigenvalue weighted by atomic mass is 35.5. The maximum atomic E-state index is 11.5. The van der Waals surface area contributed by atoms with Crippen LogP contribution in [0.5, 0.6) is 0 Å². The van der Waals surface area contributed by atoms with Crippen LogP contribution in [-0.4, -0.2) is 16.1 Å². The molecule has 3 rings (SSSR count). The van der Waals surface area contributed by atoms with E-state index in [2.05, 4.69) is 4.98 Å². The number of aromatic amines is 1. The zero-order valence-electron chi connectivity index (χ0n) is 10.7. The van der Waals surface area contributed by atoms with Crippen molar-refractivity contribution in [2.75, 3.05) is 0 Å². The normalized spacial score (nSPS) is 10.5. The number of carboxylic acid groups (broad SMARTS) is 1. The molecule has 0 amide bonds. The largest absolute Gasteiger partial charge is 0.478 e. The van der Waals surface area contributed by atoms with Crippen molar-refractivity contribution in [2.24, 2.45) is 0 Å². The van der Waals surface area contributed by atoms with Gasteiger partial charge in [-0.2, -0.15) is 0 Å². The molecule has 0 spiro atoms. The number of carboxylic acids is 1. The van der Waals surface area contributed by atoms with E-state index in [1.54, 1.807) is 17.5 Å². The van der Waals surface area contributed by atoms with Gasteiger partial charge in [-0.1, -0.05) is 29.8 Å². The number of hydrogen-bond acceptors (Lipinski definition) is 3. The molecule has 0 aliphatic carbocycles. The van der Waals surface area contributed by atoms with Gasteiger partial charge < -0.3 is 14.5 Å². The van der Waals surface area contributed by atoms with Gasteiger partial charge in [0.1, 0.15) is 12.5 Å². The number of aromatic carboxylic acids is 1. The van der Waals surface area contributed by atoms with Gasteiger partial charge in [-0.05, 0) is 6.07 Å². The summed E-state index contributed by atoms with van der Waals surface area (Å²) in [7, 11) is 0. The van der Waals surface area contributed by atoms with Gasteiger partial charge in [-0.3, -0.25) is 0 Å². The SMILES string of the molecule is O=C(O)c1c[nH]c2coccsc-2c1-c1ccccc1Cl. The first-order chi connectivity index (χ1) is 10.2. The van der Waals surface area contributed by atoms with Crippen molar-refractivity contribution in [3.05, 3.63) is 59.0 Å². The average molecular weight is 320 g/mol. The Morgan fingerprint density at radius 3 is 2.90 bits per heavy atom. The zero-order chi connectivity index (χ0) is 14.8. The van der Waals surface area contributed by atoms with E-state index in [1.807, 2.05) is 12.1 Å². The lowest BCUT2D eigenvalue weighted by molar-refractivity contribution is 0.0697. The minimum absolute atomic E-state index is 0.165. The van der Waals surface area contributed by atoms with Crippen LogP contribution in [0.25, 0.3) is 21.7 Å². The van der Waals surface area contributed by atoms with Crippen LogP contribution in [0.3, 0.4) is 0 Å². The molecule has 0 aromatic heterocycles. The second-order valence-electron chi connectivity index (χ2n) is 4.25. The molecule has 2 heterocycles. The molecule has 0 saturated heterocycles. The molecule has 6 heteroatoms. The second-order valence-corrected chi connectivity index (χ2v) is 5.57. The van der Waals surface area contributed by atoms with E-state index in [0.717, 1.165) is 4.88 Å². The van der Waals surface area contributed by atoms with Gasteiger partial charge in [0, 0.05) is 27.7 Å². The van der Waals surface area contributed by atoms with Gasteiger partial charge in [0.05, 0.1) is 16.1 Å². The van der Waals surface area contributed by atoms with Crippen LogP contribution < -0.4 is 0 Å². The summed E-state index contributed by atoms with van der Waals surface area (Å²) in [4.78, 5) is 15.3.